The number of fused-ring (bicyclic) bond motifs is 1. The fourth-order valence-electron chi connectivity index (χ4n) is 1.67. The lowest BCUT2D eigenvalue weighted by Gasteiger charge is -2.26. The highest BCUT2D eigenvalue weighted by Crippen LogP contribution is 2.09. The summed E-state index contributed by atoms with van der Waals surface area (Å²) >= 11 is 0. The van der Waals surface area contributed by atoms with Gasteiger partial charge in [-0.25, -0.2) is 0 Å². The molecule has 0 saturated carbocycles. The highest BCUT2D eigenvalue weighted by molar-refractivity contribution is 5.23. The molecule has 0 saturated heterocycles. The number of quaternary nitrogens is 1. The molecule has 0 spiro atoms. The van der Waals surface area contributed by atoms with Crippen LogP contribution in [0.5, 0.6) is 0 Å². The molecule has 1 atom stereocenters. The van der Waals surface area contributed by atoms with Gasteiger partial charge in [-0.2, -0.15) is 7.05 Å². The molecule has 1 aromatic heterocycles. The monoisotopic (exact) mass is 162 g/mol. The SMILES string of the molecule is [CH2-][NH+]1CCc2nc(C)ccc2C1. The van der Waals surface area contributed by atoms with Crippen molar-refractivity contribution in [3.63, 3.8) is 0 Å². The van der Waals surface area contributed by atoms with Crippen LogP contribution in [0.2, 0.25) is 0 Å². The molecule has 0 amide bonds. The maximum atomic E-state index is 4.51. The molecular formula is C10H14N2. The first-order chi connectivity index (χ1) is 5.75. The number of aryl methyl sites for hydroxylation is 1. The van der Waals surface area contributed by atoms with Gasteiger partial charge in [0.25, 0.3) is 0 Å². The van der Waals surface area contributed by atoms with Crippen LogP contribution >= 0.6 is 0 Å². The minimum absolute atomic E-state index is 1.03. The summed E-state index contributed by atoms with van der Waals surface area (Å²) in [7, 11) is 4.01. The molecule has 0 aromatic carbocycles. The summed E-state index contributed by atoms with van der Waals surface area (Å²) in [5.41, 5.74) is 3.78. The number of nitrogens with one attached hydrogen (secondary N) is 1. The maximum absolute atomic E-state index is 4.51. The van der Waals surface area contributed by atoms with E-state index in [1.54, 1.807) is 0 Å². The summed E-state index contributed by atoms with van der Waals surface area (Å²) in [6.45, 7) is 4.19. The molecule has 64 valence electrons. The number of pyridine rings is 1. The standard InChI is InChI=1S/C10H14N2/c1-8-3-4-9-7-12(2)6-5-10(9)11-8/h3-4,12H,2,5-7H2,1H3. The number of hydrogen-bond acceptors (Lipinski definition) is 1. The maximum Gasteiger partial charge on any atom is 0.0806 e. The van der Waals surface area contributed by atoms with Crippen LogP contribution in [0.15, 0.2) is 12.1 Å². The number of aromatic nitrogens is 1. The van der Waals surface area contributed by atoms with E-state index in [4.69, 9.17) is 0 Å². The van der Waals surface area contributed by atoms with Crippen molar-refractivity contribution in [3.8, 4) is 0 Å². The highest BCUT2D eigenvalue weighted by atomic mass is 15.1. The normalized spacial score (nSPS) is 22.0. The largest absolute Gasteiger partial charge is 0.464 e. The first-order valence-corrected chi connectivity index (χ1v) is 4.38. The van der Waals surface area contributed by atoms with Crippen molar-refractivity contribution >= 4 is 0 Å². The summed E-state index contributed by atoms with van der Waals surface area (Å²) in [5, 5.41) is 0. The molecular weight excluding hydrogens is 148 g/mol. The molecule has 0 radical (unpaired) electrons. The quantitative estimate of drug-likeness (QED) is 0.536. The molecule has 1 unspecified atom stereocenters. The third kappa shape index (κ3) is 1.34. The van der Waals surface area contributed by atoms with Crippen LogP contribution in [-0.4, -0.2) is 11.5 Å². The van der Waals surface area contributed by atoms with E-state index in [2.05, 4.69) is 24.2 Å². The average Bonchev–Trinajstić information content (AvgIpc) is 2.05. The van der Waals surface area contributed by atoms with Gasteiger partial charge in [-0.1, -0.05) is 0 Å². The van der Waals surface area contributed by atoms with E-state index in [0.717, 1.165) is 25.2 Å². The van der Waals surface area contributed by atoms with Crippen LogP contribution < -0.4 is 4.90 Å². The molecule has 0 aliphatic carbocycles. The molecule has 0 fully saturated rings. The fourth-order valence-corrected chi connectivity index (χ4v) is 1.67. The molecule has 2 heterocycles. The van der Waals surface area contributed by atoms with E-state index in [1.807, 2.05) is 6.92 Å². The van der Waals surface area contributed by atoms with Gasteiger partial charge in [0.05, 0.1) is 18.8 Å². The van der Waals surface area contributed by atoms with Gasteiger partial charge in [0, 0.05) is 17.7 Å². The van der Waals surface area contributed by atoms with E-state index >= 15 is 0 Å². The first-order valence-electron chi connectivity index (χ1n) is 4.38. The predicted molar refractivity (Wildman–Crippen MR) is 47.6 cm³/mol. The average molecular weight is 162 g/mol. The lowest BCUT2D eigenvalue weighted by atomic mass is 10.1. The Morgan fingerprint density at radius 2 is 2.33 bits per heavy atom. The van der Waals surface area contributed by atoms with Gasteiger partial charge in [-0.15, -0.1) is 0 Å². The van der Waals surface area contributed by atoms with Crippen molar-refractivity contribution in [2.45, 2.75) is 19.9 Å². The van der Waals surface area contributed by atoms with Gasteiger partial charge in [-0.05, 0) is 19.1 Å². The second kappa shape index (κ2) is 2.87. The summed E-state index contributed by atoms with van der Waals surface area (Å²) < 4.78 is 0. The molecule has 1 aliphatic heterocycles. The van der Waals surface area contributed by atoms with Crippen molar-refractivity contribution < 1.29 is 4.90 Å². The second-order valence-corrected chi connectivity index (χ2v) is 3.49. The Hall–Kier alpha value is -0.890. The van der Waals surface area contributed by atoms with Gasteiger partial charge in [0.1, 0.15) is 0 Å². The molecule has 2 rings (SSSR count). The molecule has 1 N–H and O–H groups in total. The summed E-state index contributed by atoms with van der Waals surface area (Å²) in [5.74, 6) is 0. The van der Waals surface area contributed by atoms with Gasteiger partial charge >= 0.3 is 0 Å². The van der Waals surface area contributed by atoms with Gasteiger partial charge < -0.3 is 4.90 Å². The minimum atomic E-state index is 1.03. The van der Waals surface area contributed by atoms with E-state index in [0.29, 0.717) is 0 Å². The van der Waals surface area contributed by atoms with Crippen LogP contribution in [0, 0.1) is 14.0 Å². The van der Waals surface area contributed by atoms with Gasteiger partial charge in [0.15, 0.2) is 0 Å². The lowest BCUT2D eigenvalue weighted by molar-refractivity contribution is -0.870. The Morgan fingerprint density at radius 1 is 1.50 bits per heavy atom. The van der Waals surface area contributed by atoms with Crippen LogP contribution in [0.3, 0.4) is 0 Å². The molecule has 1 aromatic rings. The molecule has 2 nitrogen and oxygen atoms in total. The van der Waals surface area contributed by atoms with Crippen LogP contribution in [0.1, 0.15) is 17.0 Å². The number of hydrogen-bond donors (Lipinski definition) is 1. The van der Waals surface area contributed by atoms with E-state index in [1.165, 1.54) is 16.2 Å². The Morgan fingerprint density at radius 3 is 3.17 bits per heavy atom. The third-order valence-corrected chi connectivity index (χ3v) is 2.36. The van der Waals surface area contributed by atoms with E-state index in [9.17, 15) is 0 Å². The van der Waals surface area contributed by atoms with Gasteiger partial charge in [0.2, 0.25) is 0 Å². The van der Waals surface area contributed by atoms with Crippen molar-refractivity contribution in [1.82, 2.24) is 4.98 Å². The molecule has 2 heteroatoms. The highest BCUT2D eigenvalue weighted by Gasteiger charge is 2.13. The first kappa shape index (κ1) is 7.74. The number of rotatable bonds is 0. The molecule has 0 bridgehead atoms. The predicted octanol–water partition coefficient (Wildman–Crippen LogP) is 0.123. The zero-order valence-electron chi connectivity index (χ0n) is 7.43. The zero-order valence-corrected chi connectivity index (χ0v) is 7.43. The minimum Gasteiger partial charge on any atom is -0.464 e. The Balaban J connectivity index is 2.37. The summed E-state index contributed by atoms with van der Waals surface area (Å²) in [6, 6.07) is 4.26. The van der Waals surface area contributed by atoms with Crippen molar-refractivity contribution in [2.75, 3.05) is 6.54 Å². The van der Waals surface area contributed by atoms with Crippen LogP contribution in [0.4, 0.5) is 0 Å². The summed E-state index contributed by atoms with van der Waals surface area (Å²) in [4.78, 5) is 5.85. The molecule has 12 heavy (non-hydrogen) atoms. The smallest absolute Gasteiger partial charge is 0.0806 e. The summed E-state index contributed by atoms with van der Waals surface area (Å²) in [6.07, 6.45) is 1.08. The Kier molecular flexibility index (Phi) is 1.85. The fraction of sp³-hybridized carbons (Fsp3) is 0.400. The second-order valence-electron chi connectivity index (χ2n) is 3.49. The van der Waals surface area contributed by atoms with E-state index < -0.39 is 0 Å². The Labute approximate surface area is 73.2 Å². The zero-order chi connectivity index (χ0) is 8.55. The third-order valence-electron chi connectivity index (χ3n) is 2.36. The van der Waals surface area contributed by atoms with E-state index in [-0.39, 0.29) is 0 Å². The van der Waals surface area contributed by atoms with Crippen molar-refractivity contribution in [1.29, 1.82) is 0 Å². The van der Waals surface area contributed by atoms with Crippen molar-refractivity contribution in [3.05, 3.63) is 36.1 Å². The Bertz CT molecular complexity index is 294. The number of nitrogens with zero attached hydrogens (tertiary/aromatic N) is 1. The lowest BCUT2D eigenvalue weighted by Crippen LogP contribution is -3.06. The molecule has 1 aliphatic rings. The topological polar surface area (TPSA) is 17.3 Å². The van der Waals surface area contributed by atoms with Crippen molar-refractivity contribution in [2.24, 2.45) is 0 Å². The van der Waals surface area contributed by atoms with Gasteiger partial charge in [-0.3, -0.25) is 4.98 Å². The van der Waals surface area contributed by atoms with Crippen LogP contribution in [0.25, 0.3) is 0 Å². The van der Waals surface area contributed by atoms with Crippen LogP contribution in [-0.2, 0) is 13.0 Å².